The fourth-order valence-electron chi connectivity index (χ4n) is 2.17. The summed E-state index contributed by atoms with van der Waals surface area (Å²) >= 11 is 0. The van der Waals surface area contributed by atoms with Crippen molar-refractivity contribution in [3.8, 4) is 0 Å². The van der Waals surface area contributed by atoms with Gasteiger partial charge in [-0.25, -0.2) is 4.79 Å². The summed E-state index contributed by atoms with van der Waals surface area (Å²) in [5, 5.41) is 5.13. The van der Waals surface area contributed by atoms with Crippen molar-refractivity contribution in [2.45, 2.75) is 52.0 Å². The van der Waals surface area contributed by atoms with Crippen LogP contribution in [0.3, 0.4) is 0 Å². The molecule has 0 aromatic rings. The predicted molar refractivity (Wildman–Crippen MR) is 70.5 cm³/mol. The van der Waals surface area contributed by atoms with E-state index in [0.29, 0.717) is 6.54 Å². The molecular formula is C13H26N3O2+. The van der Waals surface area contributed by atoms with E-state index in [4.69, 9.17) is 0 Å². The fourth-order valence-corrected chi connectivity index (χ4v) is 2.17. The van der Waals surface area contributed by atoms with Gasteiger partial charge in [-0.1, -0.05) is 6.92 Å². The fraction of sp³-hybridized carbons (Fsp3) is 0.846. The molecule has 0 saturated carbocycles. The van der Waals surface area contributed by atoms with Gasteiger partial charge in [0.05, 0.1) is 13.1 Å². The first-order chi connectivity index (χ1) is 8.61. The Balaban J connectivity index is 2.25. The molecule has 18 heavy (non-hydrogen) atoms. The number of hydrogen-bond acceptors (Lipinski definition) is 2. The molecule has 0 aliphatic carbocycles. The Kier molecular flexibility index (Phi) is 6.72. The highest BCUT2D eigenvalue weighted by Crippen LogP contribution is 1.98. The molecule has 1 rings (SSSR count). The summed E-state index contributed by atoms with van der Waals surface area (Å²) < 4.78 is 0. The Hall–Kier alpha value is -1.10. The molecule has 0 aromatic heterocycles. The van der Waals surface area contributed by atoms with Gasteiger partial charge >= 0.3 is 6.03 Å². The third-order valence-corrected chi connectivity index (χ3v) is 3.46. The molecule has 3 N–H and O–H groups in total. The van der Waals surface area contributed by atoms with Gasteiger partial charge in [-0.3, -0.25) is 10.1 Å². The first-order valence-corrected chi connectivity index (χ1v) is 7.05. The number of quaternary nitrogens is 1. The van der Waals surface area contributed by atoms with E-state index in [2.05, 4.69) is 10.6 Å². The highest BCUT2D eigenvalue weighted by atomic mass is 16.2. The van der Waals surface area contributed by atoms with Gasteiger partial charge in [0.15, 0.2) is 6.54 Å². The zero-order valence-corrected chi connectivity index (χ0v) is 11.6. The van der Waals surface area contributed by atoms with Crippen LogP contribution in [0.1, 0.15) is 46.0 Å². The van der Waals surface area contributed by atoms with E-state index < -0.39 is 0 Å². The number of amides is 3. The Bertz CT molecular complexity index is 273. The van der Waals surface area contributed by atoms with Crippen LogP contribution >= 0.6 is 0 Å². The molecule has 0 unspecified atom stereocenters. The van der Waals surface area contributed by atoms with E-state index in [0.717, 1.165) is 19.5 Å². The molecular weight excluding hydrogens is 230 g/mol. The largest absolute Gasteiger partial charge is 0.335 e. The minimum absolute atomic E-state index is 0.100. The van der Waals surface area contributed by atoms with Crippen LogP contribution in [0, 0.1) is 0 Å². The minimum Gasteiger partial charge on any atom is -0.335 e. The van der Waals surface area contributed by atoms with E-state index in [-0.39, 0.29) is 18.0 Å². The molecule has 1 aliphatic rings. The second-order valence-electron chi connectivity index (χ2n) is 5.17. The summed E-state index contributed by atoms with van der Waals surface area (Å²) in [5.41, 5.74) is 0. The van der Waals surface area contributed by atoms with Crippen LogP contribution in [0.4, 0.5) is 4.79 Å². The number of likely N-dealkylation sites (tertiary alicyclic amines) is 1. The van der Waals surface area contributed by atoms with E-state index in [1.807, 2.05) is 13.8 Å². The zero-order chi connectivity index (χ0) is 13.4. The minimum atomic E-state index is -0.372. The lowest BCUT2D eigenvalue weighted by atomic mass is 10.2. The standard InChI is InChI=1S/C13H25N3O2/c1-3-11(2)14-13(18)15-12(17)10-16-8-6-4-5-7-9-16/h11H,3-10H2,1-2H3,(H2,14,15,17,18)/p+1/t11-/m1/s1. The molecule has 0 aromatic carbocycles. The number of urea groups is 1. The quantitative estimate of drug-likeness (QED) is 0.666. The molecule has 1 heterocycles. The first kappa shape index (κ1) is 15.0. The number of hydrogen-bond donors (Lipinski definition) is 3. The normalized spacial score (nSPS) is 18.8. The van der Waals surface area contributed by atoms with Crippen molar-refractivity contribution < 1.29 is 14.5 Å². The molecule has 104 valence electrons. The number of carbonyl (C=O) groups excluding carboxylic acids is 2. The average molecular weight is 256 g/mol. The number of imide groups is 1. The molecule has 5 heteroatoms. The van der Waals surface area contributed by atoms with Crippen molar-refractivity contribution in [1.82, 2.24) is 10.6 Å². The van der Waals surface area contributed by atoms with Crippen molar-refractivity contribution in [1.29, 1.82) is 0 Å². The maximum Gasteiger partial charge on any atom is 0.321 e. The van der Waals surface area contributed by atoms with Gasteiger partial charge < -0.3 is 10.2 Å². The number of rotatable bonds is 4. The van der Waals surface area contributed by atoms with Crippen molar-refractivity contribution in [3.63, 3.8) is 0 Å². The SMILES string of the molecule is CC[C@@H](C)NC(=O)NC(=O)C[NH+]1CCCCCC1. The highest BCUT2D eigenvalue weighted by molar-refractivity contribution is 5.94. The van der Waals surface area contributed by atoms with Crippen molar-refractivity contribution >= 4 is 11.9 Å². The molecule has 0 radical (unpaired) electrons. The van der Waals surface area contributed by atoms with Gasteiger partial charge in [0, 0.05) is 6.04 Å². The summed E-state index contributed by atoms with van der Waals surface area (Å²) in [4.78, 5) is 24.5. The Morgan fingerprint density at radius 3 is 2.33 bits per heavy atom. The summed E-state index contributed by atoms with van der Waals surface area (Å²) in [6.45, 7) is 6.41. The van der Waals surface area contributed by atoms with Gasteiger partial charge in [0.2, 0.25) is 0 Å². The molecule has 1 fully saturated rings. The van der Waals surface area contributed by atoms with Crippen molar-refractivity contribution in [2.24, 2.45) is 0 Å². The maximum absolute atomic E-state index is 11.7. The van der Waals surface area contributed by atoms with Crippen LogP contribution in [-0.2, 0) is 4.79 Å². The summed E-state index contributed by atoms with van der Waals surface area (Å²) in [6.07, 6.45) is 5.75. The molecule has 5 nitrogen and oxygen atoms in total. The van der Waals surface area contributed by atoms with Crippen LogP contribution in [0.5, 0.6) is 0 Å². The van der Waals surface area contributed by atoms with Gasteiger partial charge in [-0.15, -0.1) is 0 Å². The molecule has 0 bridgehead atoms. The van der Waals surface area contributed by atoms with Crippen LogP contribution in [0.25, 0.3) is 0 Å². The lowest BCUT2D eigenvalue weighted by Crippen LogP contribution is -3.13. The smallest absolute Gasteiger partial charge is 0.321 e. The Morgan fingerprint density at radius 2 is 1.78 bits per heavy atom. The van der Waals surface area contributed by atoms with E-state index >= 15 is 0 Å². The molecule has 1 aliphatic heterocycles. The Morgan fingerprint density at radius 1 is 1.17 bits per heavy atom. The second kappa shape index (κ2) is 8.08. The van der Waals surface area contributed by atoms with Gasteiger partial charge in [0.1, 0.15) is 0 Å². The van der Waals surface area contributed by atoms with Gasteiger partial charge in [0.25, 0.3) is 5.91 Å². The third-order valence-electron chi connectivity index (χ3n) is 3.46. The van der Waals surface area contributed by atoms with E-state index in [9.17, 15) is 9.59 Å². The predicted octanol–water partition coefficient (Wildman–Crippen LogP) is 0.0696. The molecule has 3 amide bonds. The number of carbonyl (C=O) groups is 2. The van der Waals surface area contributed by atoms with E-state index in [1.165, 1.54) is 30.6 Å². The maximum atomic E-state index is 11.7. The van der Waals surface area contributed by atoms with Crippen LogP contribution < -0.4 is 15.5 Å². The third kappa shape index (κ3) is 6.00. The average Bonchev–Trinajstić information content (AvgIpc) is 2.57. The zero-order valence-electron chi connectivity index (χ0n) is 11.6. The summed E-state index contributed by atoms with van der Waals surface area (Å²) in [6, 6.07) is -0.271. The van der Waals surface area contributed by atoms with Crippen LogP contribution in [0.15, 0.2) is 0 Å². The topological polar surface area (TPSA) is 62.6 Å². The first-order valence-electron chi connectivity index (χ1n) is 7.05. The number of nitrogens with one attached hydrogen (secondary N) is 3. The lowest BCUT2D eigenvalue weighted by Gasteiger charge is -2.17. The summed E-state index contributed by atoms with van der Waals surface area (Å²) in [5.74, 6) is -0.173. The summed E-state index contributed by atoms with van der Waals surface area (Å²) in [7, 11) is 0. The Labute approximate surface area is 109 Å². The van der Waals surface area contributed by atoms with Crippen molar-refractivity contribution in [3.05, 3.63) is 0 Å². The molecule has 1 saturated heterocycles. The van der Waals surface area contributed by atoms with Crippen molar-refractivity contribution in [2.75, 3.05) is 19.6 Å². The van der Waals surface area contributed by atoms with Gasteiger partial charge in [-0.2, -0.15) is 0 Å². The lowest BCUT2D eigenvalue weighted by molar-refractivity contribution is -0.891. The van der Waals surface area contributed by atoms with E-state index in [1.54, 1.807) is 0 Å². The monoisotopic (exact) mass is 256 g/mol. The van der Waals surface area contributed by atoms with Crippen LogP contribution in [0.2, 0.25) is 0 Å². The van der Waals surface area contributed by atoms with Crippen LogP contribution in [-0.4, -0.2) is 37.6 Å². The second-order valence-corrected chi connectivity index (χ2v) is 5.17. The highest BCUT2D eigenvalue weighted by Gasteiger charge is 2.18. The molecule has 1 atom stereocenters. The molecule has 0 spiro atoms. The van der Waals surface area contributed by atoms with Gasteiger partial charge in [-0.05, 0) is 39.0 Å².